The standard InChI is InChI=1S/C21H29N3O6S2.C20H27N3O5S2/c1-30-18-4-2-3-15(11-18)21(27)23-13-19-5-6-20(31-19)32(28,29)24-9-7-16(8-10-24)22-12-17(26)14-25;1-28-17-4-2-3-15(13-17)20(25)22-14-18-5-6-19(29-18)30(26,27)23-10-7-16(8-11-23)21-9-12-24/h2-6,11,16-17,22,25-26H,7-10,12-14H2,1H3,(H,23,27);2-6,13,16,21,24H,7-12,14H2,1H3,(H,22,25). The highest BCUT2D eigenvalue weighted by molar-refractivity contribution is 7.91. The maximum Gasteiger partial charge on any atom is 0.252 e. The fourth-order valence-electron chi connectivity index (χ4n) is 6.74. The van der Waals surface area contributed by atoms with Gasteiger partial charge in [-0.3, -0.25) is 9.59 Å². The number of aliphatic hydroxyl groups is 3. The molecule has 0 radical (unpaired) electrons. The van der Waals surface area contributed by atoms with Crippen LogP contribution in [0.2, 0.25) is 0 Å². The van der Waals surface area contributed by atoms with E-state index in [1.807, 2.05) is 0 Å². The number of piperidine rings is 2. The first-order chi connectivity index (χ1) is 29.8. The molecule has 4 heterocycles. The molecule has 1 atom stereocenters. The summed E-state index contributed by atoms with van der Waals surface area (Å²) in [6.07, 6.45) is 1.88. The lowest BCUT2D eigenvalue weighted by Crippen LogP contribution is -2.46. The number of thiophene rings is 2. The van der Waals surface area contributed by atoms with Gasteiger partial charge in [0.15, 0.2) is 0 Å². The molecule has 62 heavy (non-hydrogen) atoms. The molecule has 21 heteroatoms. The van der Waals surface area contributed by atoms with Gasteiger partial charge >= 0.3 is 0 Å². The number of hydrogen-bond donors (Lipinski definition) is 7. The molecule has 0 bridgehead atoms. The van der Waals surface area contributed by atoms with Crippen molar-refractivity contribution in [3.05, 3.63) is 93.7 Å². The van der Waals surface area contributed by atoms with Crippen LogP contribution in [0.1, 0.15) is 56.2 Å². The summed E-state index contributed by atoms with van der Waals surface area (Å²) >= 11 is 2.33. The monoisotopic (exact) mass is 936 g/mol. The van der Waals surface area contributed by atoms with Gasteiger partial charge in [-0.25, -0.2) is 16.8 Å². The normalized spacial score (nSPS) is 16.2. The molecule has 0 aliphatic carbocycles. The fourth-order valence-corrected chi connectivity index (χ4v) is 12.6. The first-order valence-electron chi connectivity index (χ1n) is 20.2. The van der Waals surface area contributed by atoms with E-state index in [4.69, 9.17) is 19.7 Å². The summed E-state index contributed by atoms with van der Waals surface area (Å²) < 4.78 is 65.6. The summed E-state index contributed by atoms with van der Waals surface area (Å²) in [5, 5.41) is 39.2. The SMILES string of the molecule is COc1cccc(C(=O)NCc2ccc(S(=O)(=O)N3CCC(NCC(O)CO)CC3)s2)c1.COc1cccc(C(=O)NCc2ccc(S(=O)(=O)N3CCC(NCCO)CC3)s2)c1. The molecule has 2 aliphatic rings. The Labute approximate surface area is 371 Å². The minimum absolute atomic E-state index is 0.0742. The molecule has 2 aromatic heterocycles. The Kier molecular flexibility index (Phi) is 18.7. The molecule has 2 aromatic carbocycles. The number of sulfonamides is 2. The molecule has 7 N–H and O–H groups in total. The van der Waals surface area contributed by atoms with E-state index < -0.39 is 26.2 Å². The molecule has 2 saturated heterocycles. The van der Waals surface area contributed by atoms with Crippen LogP contribution in [0.25, 0.3) is 0 Å². The smallest absolute Gasteiger partial charge is 0.252 e. The average Bonchev–Trinajstić information content (AvgIpc) is 4.00. The molecular formula is C41H56N6O11S4. The van der Waals surface area contributed by atoms with Crippen molar-refractivity contribution in [2.45, 2.75) is 65.4 Å². The number of benzene rings is 2. The minimum Gasteiger partial charge on any atom is -0.497 e. The Morgan fingerprint density at radius 3 is 1.53 bits per heavy atom. The van der Waals surface area contributed by atoms with Crippen molar-refractivity contribution in [2.24, 2.45) is 0 Å². The van der Waals surface area contributed by atoms with Crippen molar-refractivity contribution in [2.75, 3.05) is 66.7 Å². The molecule has 6 rings (SSSR count). The minimum atomic E-state index is -3.59. The summed E-state index contributed by atoms with van der Waals surface area (Å²) in [6, 6.07) is 20.6. The largest absolute Gasteiger partial charge is 0.497 e. The van der Waals surface area contributed by atoms with Gasteiger partial charge in [0.25, 0.3) is 31.9 Å². The number of ether oxygens (including phenoxy) is 2. The van der Waals surface area contributed by atoms with Crippen LogP contribution in [0.4, 0.5) is 0 Å². The van der Waals surface area contributed by atoms with Gasteiger partial charge in [0, 0.05) is 72.2 Å². The summed E-state index contributed by atoms with van der Waals surface area (Å²) in [5.41, 5.74) is 0.952. The first-order valence-corrected chi connectivity index (χ1v) is 24.7. The predicted octanol–water partition coefficient (Wildman–Crippen LogP) is 2.20. The number of nitrogens with one attached hydrogen (secondary N) is 4. The van der Waals surface area contributed by atoms with E-state index in [2.05, 4.69) is 21.3 Å². The number of nitrogens with zero attached hydrogens (tertiary/aromatic N) is 2. The number of rotatable bonds is 19. The Balaban J connectivity index is 0.000000235. The lowest BCUT2D eigenvalue weighted by atomic mass is 10.1. The van der Waals surface area contributed by atoms with Gasteiger partial charge in [-0.05, 0) is 86.3 Å². The van der Waals surface area contributed by atoms with E-state index in [1.165, 1.54) is 27.1 Å². The quantitative estimate of drug-likeness (QED) is 0.0716. The van der Waals surface area contributed by atoms with Crippen molar-refractivity contribution in [3.63, 3.8) is 0 Å². The Bertz CT molecular complexity index is 2270. The molecule has 340 valence electrons. The zero-order valence-corrected chi connectivity index (χ0v) is 38.0. The molecule has 0 saturated carbocycles. The third-order valence-corrected chi connectivity index (χ3v) is 17.2. The zero-order chi connectivity index (χ0) is 44.7. The second-order valence-electron chi connectivity index (χ2n) is 14.5. The number of aliphatic hydroxyl groups excluding tert-OH is 3. The number of methoxy groups -OCH3 is 2. The van der Waals surface area contributed by atoms with Crippen LogP contribution in [0.15, 0.2) is 81.2 Å². The van der Waals surface area contributed by atoms with E-state index in [9.17, 15) is 31.5 Å². The molecule has 4 aromatic rings. The highest BCUT2D eigenvalue weighted by Crippen LogP contribution is 2.29. The van der Waals surface area contributed by atoms with E-state index >= 15 is 0 Å². The number of hydrogen-bond acceptors (Lipinski definition) is 15. The molecule has 2 aliphatic heterocycles. The van der Waals surface area contributed by atoms with Gasteiger partial charge in [0.1, 0.15) is 19.9 Å². The van der Waals surface area contributed by atoms with Crippen molar-refractivity contribution < 1.29 is 51.2 Å². The lowest BCUT2D eigenvalue weighted by molar-refractivity contribution is 0.0897. The molecular weight excluding hydrogens is 881 g/mol. The summed E-state index contributed by atoms with van der Waals surface area (Å²) in [4.78, 5) is 26.2. The second-order valence-corrected chi connectivity index (χ2v) is 21.2. The van der Waals surface area contributed by atoms with Crippen LogP contribution in [0.5, 0.6) is 11.5 Å². The van der Waals surface area contributed by atoms with Crippen molar-refractivity contribution in [1.29, 1.82) is 0 Å². The van der Waals surface area contributed by atoms with Crippen LogP contribution in [0, 0.1) is 0 Å². The number of carbonyl (C=O) groups is 2. The highest BCUT2D eigenvalue weighted by Gasteiger charge is 2.32. The van der Waals surface area contributed by atoms with Gasteiger partial charge in [0.2, 0.25) is 0 Å². The summed E-state index contributed by atoms with van der Waals surface area (Å²) in [5.74, 6) is 0.680. The van der Waals surface area contributed by atoms with Crippen molar-refractivity contribution >= 4 is 54.5 Å². The fraction of sp³-hybridized carbons (Fsp3) is 0.463. The molecule has 0 spiro atoms. The number of carbonyl (C=O) groups excluding carboxylic acids is 2. The third kappa shape index (κ3) is 13.7. The Morgan fingerprint density at radius 1 is 0.694 bits per heavy atom. The van der Waals surface area contributed by atoms with Crippen LogP contribution in [-0.4, -0.2) is 137 Å². The summed E-state index contributed by atoms with van der Waals surface area (Å²) in [7, 11) is -4.06. The number of amides is 2. The van der Waals surface area contributed by atoms with Gasteiger partial charge < -0.3 is 46.1 Å². The van der Waals surface area contributed by atoms with E-state index in [0.717, 1.165) is 21.1 Å². The maximum absolute atomic E-state index is 13.0. The Hall–Kier alpha value is -4.00. The predicted molar refractivity (Wildman–Crippen MR) is 237 cm³/mol. The van der Waals surface area contributed by atoms with Crippen molar-refractivity contribution in [3.8, 4) is 11.5 Å². The van der Waals surface area contributed by atoms with E-state index in [-0.39, 0.29) is 65.2 Å². The van der Waals surface area contributed by atoms with Gasteiger partial charge in [0.05, 0.1) is 46.6 Å². The first kappa shape index (κ1) is 49.0. The van der Waals surface area contributed by atoms with Gasteiger partial charge in [-0.1, -0.05) is 12.1 Å². The topological polar surface area (TPSA) is 236 Å². The van der Waals surface area contributed by atoms with Crippen LogP contribution in [0.3, 0.4) is 0 Å². The lowest BCUT2D eigenvalue weighted by Gasteiger charge is -2.31. The zero-order valence-electron chi connectivity index (χ0n) is 34.7. The van der Waals surface area contributed by atoms with Crippen LogP contribution < -0.4 is 30.7 Å². The maximum atomic E-state index is 13.0. The van der Waals surface area contributed by atoms with Gasteiger partial charge in [-0.2, -0.15) is 8.61 Å². The molecule has 2 amide bonds. The molecule has 2 fully saturated rings. The van der Waals surface area contributed by atoms with Crippen LogP contribution in [-0.2, 0) is 33.1 Å². The molecule has 1 unspecified atom stereocenters. The Morgan fingerprint density at radius 2 is 1.13 bits per heavy atom. The summed E-state index contributed by atoms with van der Waals surface area (Å²) in [6.45, 7) is 2.72. The average molecular weight is 937 g/mol. The van der Waals surface area contributed by atoms with Crippen LogP contribution >= 0.6 is 22.7 Å². The highest BCUT2D eigenvalue weighted by atomic mass is 32.3. The third-order valence-electron chi connectivity index (χ3n) is 10.3. The molecule has 17 nitrogen and oxygen atoms in total. The van der Waals surface area contributed by atoms with E-state index in [1.54, 1.807) is 79.9 Å². The van der Waals surface area contributed by atoms with Gasteiger partial charge in [-0.15, -0.1) is 22.7 Å². The second kappa shape index (κ2) is 23.6. The van der Waals surface area contributed by atoms with E-state index in [0.29, 0.717) is 81.0 Å². The van der Waals surface area contributed by atoms with Crippen molar-refractivity contribution in [1.82, 2.24) is 29.9 Å².